The lowest BCUT2D eigenvalue weighted by Gasteiger charge is -2.11. The summed E-state index contributed by atoms with van der Waals surface area (Å²) >= 11 is 12.5. The number of fused-ring (bicyclic) bond motifs is 1. The van der Waals surface area contributed by atoms with Gasteiger partial charge in [0.25, 0.3) is 0 Å². The van der Waals surface area contributed by atoms with Crippen LogP contribution < -0.4 is 0 Å². The van der Waals surface area contributed by atoms with E-state index >= 15 is 0 Å². The monoisotopic (exact) mass is 368 g/mol. The summed E-state index contributed by atoms with van der Waals surface area (Å²) in [6.07, 6.45) is 0.746. The van der Waals surface area contributed by atoms with Crippen LogP contribution in [-0.4, -0.2) is 19.8 Å². The summed E-state index contributed by atoms with van der Waals surface area (Å²) in [4.78, 5) is 0. The van der Waals surface area contributed by atoms with Crippen molar-refractivity contribution in [2.24, 2.45) is 0 Å². The fourth-order valence-electron chi connectivity index (χ4n) is 2.80. The molecule has 0 spiro atoms. The first-order chi connectivity index (χ1) is 12.2. The van der Waals surface area contributed by atoms with Gasteiger partial charge in [-0.2, -0.15) is 9.61 Å². The predicted octanol–water partition coefficient (Wildman–Crippen LogP) is 5.33. The highest BCUT2D eigenvalue weighted by Gasteiger charge is 2.16. The van der Waals surface area contributed by atoms with Crippen molar-refractivity contribution in [3.8, 4) is 22.4 Å². The fourth-order valence-corrected chi connectivity index (χ4v) is 3.15. The predicted molar refractivity (Wildman–Crippen MR) is 101 cm³/mol. The van der Waals surface area contributed by atoms with Crippen LogP contribution in [0, 0.1) is 0 Å². The molecule has 0 saturated carbocycles. The molecule has 2 heterocycles. The van der Waals surface area contributed by atoms with Gasteiger partial charge in [0.1, 0.15) is 5.69 Å². The maximum absolute atomic E-state index is 6.44. The zero-order chi connectivity index (χ0) is 17.4. The number of halogens is 2. The van der Waals surface area contributed by atoms with Crippen LogP contribution in [0.2, 0.25) is 10.0 Å². The van der Waals surface area contributed by atoms with Crippen LogP contribution in [0.5, 0.6) is 0 Å². The van der Waals surface area contributed by atoms with Gasteiger partial charge in [0.2, 0.25) is 0 Å². The van der Waals surface area contributed by atoms with E-state index in [9.17, 15) is 0 Å². The summed E-state index contributed by atoms with van der Waals surface area (Å²) in [6, 6.07) is 17.3. The molecule has 0 N–H and O–H groups in total. The smallest absolute Gasteiger partial charge is 0.178 e. The molecule has 4 aromatic rings. The summed E-state index contributed by atoms with van der Waals surface area (Å²) in [7, 11) is 0. The van der Waals surface area contributed by atoms with Gasteiger partial charge in [0.05, 0.1) is 5.02 Å². The van der Waals surface area contributed by atoms with E-state index < -0.39 is 0 Å². The zero-order valence-electron chi connectivity index (χ0n) is 13.4. The van der Waals surface area contributed by atoms with E-state index in [1.165, 1.54) is 0 Å². The molecule has 0 amide bonds. The molecule has 0 saturated heterocycles. The lowest BCUT2D eigenvalue weighted by Crippen LogP contribution is -2.02. The Morgan fingerprint density at radius 3 is 2.40 bits per heavy atom. The third-order valence-corrected chi connectivity index (χ3v) is 4.64. The molecule has 25 heavy (non-hydrogen) atoms. The van der Waals surface area contributed by atoms with Crippen LogP contribution in [0.25, 0.3) is 28.0 Å². The largest absolute Gasteiger partial charge is 0.197 e. The molecule has 0 aliphatic carbocycles. The molecule has 0 atom stereocenters. The molecule has 0 aliphatic heterocycles. The Morgan fingerprint density at radius 1 is 0.920 bits per heavy atom. The number of nitrogens with zero attached hydrogens (tertiary/aromatic N) is 4. The highest BCUT2D eigenvalue weighted by Crippen LogP contribution is 2.35. The van der Waals surface area contributed by atoms with Crippen molar-refractivity contribution in [3.63, 3.8) is 0 Å². The standard InChI is InChI=1S/C19H14Cl2N4/c1-2-17-22-23-18-11-15(12-7-9-13(20)10-8-12)19(24-25(17)18)14-5-3-4-6-16(14)21/h3-11H,2H2,1H3. The molecule has 2 aromatic carbocycles. The van der Waals surface area contributed by atoms with E-state index in [0.717, 1.165) is 34.6 Å². The summed E-state index contributed by atoms with van der Waals surface area (Å²) in [5, 5.41) is 14.6. The molecule has 0 unspecified atom stereocenters. The van der Waals surface area contributed by atoms with Crippen LogP contribution in [0.15, 0.2) is 54.6 Å². The van der Waals surface area contributed by atoms with E-state index in [4.69, 9.17) is 28.3 Å². The van der Waals surface area contributed by atoms with Gasteiger partial charge in [-0.25, -0.2) is 0 Å². The first kappa shape index (κ1) is 16.1. The topological polar surface area (TPSA) is 43.1 Å². The highest BCUT2D eigenvalue weighted by molar-refractivity contribution is 6.33. The molecule has 0 bridgehead atoms. The molecule has 4 rings (SSSR count). The van der Waals surface area contributed by atoms with Crippen molar-refractivity contribution in [2.75, 3.05) is 0 Å². The number of rotatable bonds is 3. The minimum absolute atomic E-state index is 0.649. The Balaban J connectivity index is 2.04. The second-order valence-corrected chi connectivity index (χ2v) is 6.48. The van der Waals surface area contributed by atoms with Crippen LogP contribution in [-0.2, 0) is 6.42 Å². The average Bonchev–Trinajstić information content (AvgIpc) is 3.04. The molecular formula is C19H14Cl2N4. The molecule has 0 aliphatic rings. The van der Waals surface area contributed by atoms with E-state index in [1.54, 1.807) is 4.52 Å². The Bertz CT molecular complexity index is 1050. The normalized spacial score (nSPS) is 11.2. The maximum atomic E-state index is 6.44. The van der Waals surface area contributed by atoms with E-state index in [-0.39, 0.29) is 0 Å². The first-order valence-corrected chi connectivity index (χ1v) is 8.69. The first-order valence-electron chi connectivity index (χ1n) is 7.93. The van der Waals surface area contributed by atoms with E-state index in [1.807, 2.05) is 61.5 Å². The minimum atomic E-state index is 0.649. The van der Waals surface area contributed by atoms with Gasteiger partial charge in [-0.3, -0.25) is 0 Å². The van der Waals surface area contributed by atoms with E-state index in [0.29, 0.717) is 15.7 Å². The lowest BCUT2D eigenvalue weighted by molar-refractivity contribution is 0.827. The molecule has 6 heteroatoms. The molecule has 4 nitrogen and oxygen atoms in total. The average molecular weight is 369 g/mol. The molecular weight excluding hydrogens is 355 g/mol. The molecule has 2 aromatic heterocycles. The Labute approximate surface area is 155 Å². The van der Waals surface area contributed by atoms with Crippen molar-refractivity contribution >= 4 is 28.8 Å². The van der Waals surface area contributed by atoms with Gasteiger partial charge in [-0.15, -0.1) is 10.2 Å². The van der Waals surface area contributed by atoms with Gasteiger partial charge in [0, 0.05) is 22.6 Å². The van der Waals surface area contributed by atoms with Gasteiger partial charge in [0.15, 0.2) is 11.5 Å². The molecule has 0 fully saturated rings. The van der Waals surface area contributed by atoms with Gasteiger partial charge >= 0.3 is 0 Å². The van der Waals surface area contributed by atoms with Gasteiger partial charge < -0.3 is 0 Å². The van der Waals surface area contributed by atoms with E-state index in [2.05, 4.69) is 10.2 Å². The van der Waals surface area contributed by atoms with Crippen molar-refractivity contribution < 1.29 is 0 Å². The van der Waals surface area contributed by atoms with Gasteiger partial charge in [-0.1, -0.05) is 60.5 Å². The quantitative estimate of drug-likeness (QED) is 0.490. The summed E-state index contributed by atoms with van der Waals surface area (Å²) in [5.41, 5.74) is 4.29. The SMILES string of the molecule is CCc1nnc2cc(-c3ccc(Cl)cc3)c(-c3ccccc3Cl)nn12. The maximum Gasteiger partial charge on any atom is 0.178 e. The highest BCUT2D eigenvalue weighted by atomic mass is 35.5. The number of hydrogen-bond donors (Lipinski definition) is 0. The molecule has 124 valence electrons. The Morgan fingerprint density at radius 2 is 1.68 bits per heavy atom. The zero-order valence-corrected chi connectivity index (χ0v) is 15.0. The van der Waals surface area contributed by atoms with Crippen molar-refractivity contribution in [1.29, 1.82) is 0 Å². The van der Waals surface area contributed by atoms with Crippen LogP contribution in [0.1, 0.15) is 12.7 Å². The summed E-state index contributed by atoms with van der Waals surface area (Å²) in [5.74, 6) is 0.811. The summed E-state index contributed by atoms with van der Waals surface area (Å²) < 4.78 is 1.78. The second kappa shape index (κ2) is 6.47. The summed E-state index contributed by atoms with van der Waals surface area (Å²) in [6.45, 7) is 2.03. The lowest BCUT2D eigenvalue weighted by atomic mass is 10.00. The van der Waals surface area contributed by atoms with Crippen molar-refractivity contribution in [2.45, 2.75) is 13.3 Å². The number of hydrogen-bond acceptors (Lipinski definition) is 3. The second-order valence-electron chi connectivity index (χ2n) is 5.63. The van der Waals surface area contributed by atoms with Crippen molar-refractivity contribution in [1.82, 2.24) is 19.8 Å². The number of benzene rings is 2. The number of aryl methyl sites for hydroxylation is 1. The van der Waals surface area contributed by atoms with Crippen LogP contribution >= 0.6 is 23.2 Å². The van der Waals surface area contributed by atoms with Gasteiger partial charge in [-0.05, 0) is 29.8 Å². The third-order valence-electron chi connectivity index (χ3n) is 4.06. The minimum Gasteiger partial charge on any atom is -0.197 e. The number of aromatic nitrogens is 4. The Hall–Kier alpha value is -2.43. The van der Waals surface area contributed by atoms with Crippen molar-refractivity contribution in [3.05, 3.63) is 70.5 Å². The van der Waals surface area contributed by atoms with Crippen LogP contribution in [0.3, 0.4) is 0 Å². The molecule has 0 radical (unpaired) electrons. The fraction of sp³-hybridized carbons (Fsp3) is 0.105. The Kier molecular flexibility index (Phi) is 4.15. The third kappa shape index (κ3) is 2.88. The van der Waals surface area contributed by atoms with Crippen LogP contribution in [0.4, 0.5) is 0 Å².